The fourth-order valence-corrected chi connectivity index (χ4v) is 8.76. The van der Waals surface area contributed by atoms with Crippen molar-refractivity contribution in [3.05, 3.63) is 95.7 Å². The second kappa shape index (κ2) is 16.1. The van der Waals surface area contributed by atoms with Crippen molar-refractivity contribution < 1.29 is 23.9 Å². The van der Waals surface area contributed by atoms with Gasteiger partial charge in [-0.1, -0.05) is 12.1 Å². The summed E-state index contributed by atoms with van der Waals surface area (Å²) >= 11 is 0. The summed E-state index contributed by atoms with van der Waals surface area (Å²) in [5.41, 5.74) is 10.1. The average Bonchev–Trinajstić information content (AvgIpc) is 3.74. The normalized spacial score (nSPS) is 17.1. The van der Waals surface area contributed by atoms with Gasteiger partial charge in [-0.2, -0.15) is 0 Å². The molecule has 2 saturated heterocycles. The lowest BCUT2D eigenvalue weighted by molar-refractivity contribution is -0.120. The molecule has 0 saturated carbocycles. The number of ether oxygens (including phenoxy) is 2. The lowest BCUT2D eigenvalue weighted by Gasteiger charge is -2.35. The molecule has 15 nitrogen and oxygen atoms in total. The molecule has 0 radical (unpaired) electrons. The number of nitrogens with one attached hydrogen (secondary N) is 2. The van der Waals surface area contributed by atoms with E-state index in [0.29, 0.717) is 56.2 Å². The number of pyridine rings is 1. The Balaban J connectivity index is 0.814. The molecular weight excluding hydrogens is 773 g/mol. The van der Waals surface area contributed by atoms with E-state index >= 15 is 0 Å². The molecule has 0 aliphatic carbocycles. The number of urea groups is 1. The number of hydrogen-bond acceptors (Lipinski definition) is 11. The minimum Gasteiger partial charge on any atom is -0.474 e. The van der Waals surface area contributed by atoms with Crippen LogP contribution in [0.4, 0.5) is 44.0 Å². The summed E-state index contributed by atoms with van der Waals surface area (Å²) in [5.74, 6) is 0.748. The van der Waals surface area contributed by atoms with Crippen molar-refractivity contribution in [2.75, 3.05) is 64.2 Å². The molecule has 4 amide bonds. The number of carbonyl (C=O) groups excluding carboxylic acids is 3. The highest BCUT2D eigenvalue weighted by Crippen LogP contribution is 2.40. The van der Waals surface area contributed by atoms with Crippen molar-refractivity contribution in [1.82, 2.24) is 24.8 Å². The Kier molecular flexibility index (Phi) is 10.5. The first-order valence-corrected chi connectivity index (χ1v) is 21.1. The monoisotopic (exact) mass is 824 g/mol. The largest absolute Gasteiger partial charge is 0.474 e. The van der Waals surface area contributed by atoms with E-state index in [0.717, 1.165) is 89.6 Å². The Bertz CT molecular complexity index is 2490. The second-order valence-electron chi connectivity index (χ2n) is 17.2. The number of piperidine rings is 1. The third kappa shape index (κ3) is 8.28. The molecule has 316 valence electrons. The smallest absolute Gasteiger partial charge is 0.415 e. The van der Waals surface area contributed by atoms with E-state index in [1.807, 2.05) is 53.1 Å². The molecule has 0 atom stereocenters. The second-order valence-corrected chi connectivity index (χ2v) is 17.2. The van der Waals surface area contributed by atoms with Crippen LogP contribution in [0.25, 0.3) is 11.1 Å². The molecule has 4 aliphatic heterocycles. The Labute approximate surface area is 355 Å². The first kappa shape index (κ1) is 39.8. The van der Waals surface area contributed by atoms with Crippen molar-refractivity contribution >= 4 is 52.4 Å². The van der Waals surface area contributed by atoms with Crippen molar-refractivity contribution in [2.45, 2.75) is 78.5 Å². The molecule has 0 unspecified atom stereocenters. The van der Waals surface area contributed by atoms with Crippen LogP contribution in [0.2, 0.25) is 0 Å². The van der Waals surface area contributed by atoms with Crippen LogP contribution in [0.15, 0.2) is 73.3 Å². The number of carbonyl (C=O) groups is 3. The van der Waals surface area contributed by atoms with Crippen molar-refractivity contribution in [2.24, 2.45) is 0 Å². The van der Waals surface area contributed by atoms with Gasteiger partial charge >= 0.3 is 12.1 Å². The van der Waals surface area contributed by atoms with Gasteiger partial charge in [-0.15, -0.1) is 0 Å². The molecule has 4 aliphatic rings. The predicted molar refractivity (Wildman–Crippen MR) is 235 cm³/mol. The van der Waals surface area contributed by atoms with Crippen molar-refractivity contribution in [3.8, 4) is 17.0 Å². The van der Waals surface area contributed by atoms with Gasteiger partial charge < -0.3 is 29.2 Å². The summed E-state index contributed by atoms with van der Waals surface area (Å²) in [6, 6.07) is 16.8. The standard InChI is InChI=1S/C46H52N10O5/c1-29-24-36(10-11-38(29)55-21-16-40(57)51-44(55)58)52-19-14-35(15-20-52)53-17-13-33(27-53)31-6-8-34(9-7-31)49-43-48-25-32-12-18-54(28-37(32)50-43)39-26-47-42-41(30(39)2)56(22-23-60-42)45(59)61-46(3,4)5/h6-11,13,17,24-27,35H,12,14-16,18-23,28H2,1-5H3,(H,48,49,50)(H,51,57,58). The van der Waals surface area contributed by atoms with Crippen LogP contribution in [0.1, 0.15) is 68.5 Å². The first-order chi connectivity index (χ1) is 29.4. The van der Waals surface area contributed by atoms with Crippen LogP contribution >= 0.6 is 0 Å². The van der Waals surface area contributed by atoms with E-state index in [1.165, 1.54) is 5.56 Å². The van der Waals surface area contributed by atoms with E-state index in [-0.39, 0.29) is 11.9 Å². The topological polar surface area (TPSA) is 150 Å². The summed E-state index contributed by atoms with van der Waals surface area (Å²) in [6.07, 6.45) is 10.9. The van der Waals surface area contributed by atoms with Crippen molar-refractivity contribution in [3.63, 3.8) is 0 Å². The number of aryl methyl sites for hydroxylation is 1. The van der Waals surface area contributed by atoms with E-state index in [1.54, 1.807) is 9.80 Å². The SMILES string of the molecule is Cc1cc(N2CCC(n3ccc(-c4ccc(Nc5ncc6c(n5)CN(c5cnc7c(c5C)N(C(=O)OC(C)(C)C)CCO7)CC6)cc4)c3)CC2)ccc1N1CCC(=O)NC1=O. The highest BCUT2D eigenvalue weighted by Gasteiger charge is 2.33. The molecule has 2 fully saturated rings. The lowest BCUT2D eigenvalue weighted by Crippen LogP contribution is -2.49. The maximum atomic E-state index is 13.2. The van der Waals surface area contributed by atoms with Crippen LogP contribution in [0, 0.1) is 13.8 Å². The van der Waals surface area contributed by atoms with Gasteiger partial charge in [0.15, 0.2) is 0 Å². The van der Waals surface area contributed by atoms with E-state index in [2.05, 4.69) is 89.8 Å². The first-order valence-electron chi connectivity index (χ1n) is 21.1. The van der Waals surface area contributed by atoms with Gasteiger partial charge in [0.25, 0.3) is 0 Å². The van der Waals surface area contributed by atoms with Gasteiger partial charge in [0.2, 0.25) is 17.7 Å². The highest BCUT2D eigenvalue weighted by molar-refractivity contribution is 6.06. The third-order valence-corrected chi connectivity index (χ3v) is 11.9. The average molecular weight is 825 g/mol. The number of fused-ring (bicyclic) bond motifs is 2. The molecule has 3 aromatic heterocycles. The maximum Gasteiger partial charge on any atom is 0.415 e. The molecular formula is C46H52N10O5. The number of anilines is 6. The number of hydrogen-bond donors (Lipinski definition) is 2. The molecule has 7 heterocycles. The number of nitrogens with zero attached hydrogens (tertiary/aromatic N) is 8. The Morgan fingerprint density at radius 1 is 0.885 bits per heavy atom. The zero-order valence-electron chi connectivity index (χ0n) is 35.4. The quantitative estimate of drug-likeness (QED) is 0.166. The molecule has 2 aromatic carbocycles. The minimum atomic E-state index is -0.619. The molecule has 0 spiro atoms. The van der Waals surface area contributed by atoms with Crippen LogP contribution in [-0.2, 0) is 22.5 Å². The van der Waals surface area contributed by atoms with Gasteiger partial charge in [-0.05, 0) is 113 Å². The van der Waals surface area contributed by atoms with Gasteiger partial charge in [-0.3, -0.25) is 19.9 Å². The zero-order valence-corrected chi connectivity index (χ0v) is 35.4. The number of rotatable bonds is 7. The van der Waals surface area contributed by atoms with Crippen LogP contribution in [0.3, 0.4) is 0 Å². The lowest BCUT2D eigenvalue weighted by atomic mass is 10.0. The Hall–Kier alpha value is -6.64. The molecule has 2 N–H and O–H groups in total. The molecule has 15 heteroatoms. The predicted octanol–water partition coefficient (Wildman–Crippen LogP) is 7.68. The number of aromatic nitrogens is 4. The molecule has 0 bridgehead atoms. The van der Waals surface area contributed by atoms with E-state index < -0.39 is 11.7 Å². The Morgan fingerprint density at radius 3 is 2.44 bits per heavy atom. The Morgan fingerprint density at radius 2 is 1.69 bits per heavy atom. The van der Waals surface area contributed by atoms with E-state index in [9.17, 15) is 14.4 Å². The summed E-state index contributed by atoms with van der Waals surface area (Å²) < 4.78 is 13.9. The van der Waals surface area contributed by atoms with Crippen LogP contribution in [-0.4, -0.2) is 82.5 Å². The fraction of sp³-hybridized carbons (Fsp3) is 0.391. The molecule has 5 aromatic rings. The number of amides is 4. The minimum absolute atomic E-state index is 0.226. The summed E-state index contributed by atoms with van der Waals surface area (Å²) in [5, 5.41) is 5.82. The summed E-state index contributed by atoms with van der Waals surface area (Å²) in [6.45, 7) is 14.0. The van der Waals surface area contributed by atoms with Crippen LogP contribution < -0.4 is 35.0 Å². The van der Waals surface area contributed by atoms with Gasteiger partial charge in [0.1, 0.15) is 17.9 Å². The number of imide groups is 1. The summed E-state index contributed by atoms with van der Waals surface area (Å²) in [7, 11) is 0. The fourth-order valence-electron chi connectivity index (χ4n) is 8.76. The molecule has 61 heavy (non-hydrogen) atoms. The highest BCUT2D eigenvalue weighted by atomic mass is 16.6. The maximum absolute atomic E-state index is 13.2. The third-order valence-electron chi connectivity index (χ3n) is 11.9. The van der Waals surface area contributed by atoms with Crippen LogP contribution in [0.5, 0.6) is 5.88 Å². The number of benzene rings is 2. The zero-order chi connectivity index (χ0) is 42.4. The van der Waals surface area contributed by atoms with Gasteiger partial charge in [-0.25, -0.2) is 24.5 Å². The van der Waals surface area contributed by atoms with E-state index in [4.69, 9.17) is 14.5 Å². The van der Waals surface area contributed by atoms with Crippen molar-refractivity contribution in [1.29, 1.82) is 0 Å². The summed E-state index contributed by atoms with van der Waals surface area (Å²) in [4.78, 5) is 59.4. The van der Waals surface area contributed by atoms with Gasteiger partial charge in [0, 0.05) is 79.9 Å². The van der Waals surface area contributed by atoms with Gasteiger partial charge in [0.05, 0.1) is 30.7 Å². The molecule has 9 rings (SSSR count).